The highest BCUT2D eigenvalue weighted by atomic mass is 35.5. The lowest BCUT2D eigenvalue weighted by molar-refractivity contribution is -0.113. The maximum absolute atomic E-state index is 12.9. The van der Waals surface area contributed by atoms with E-state index in [2.05, 4.69) is 5.32 Å². The van der Waals surface area contributed by atoms with Crippen molar-refractivity contribution in [3.8, 4) is 0 Å². The van der Waals surface area contributed by atoms with Gasteiger partial charge in [0.05, 0.1) is 21.5 Å². The van der Waals surface area contributed by atoms with Crippen molar-refractivity contribution in [2.45, 2.75) is 4.90 Å². The van der Waals surface area contributed by atoms with Gasteiger partial charge in [-0.25, -0.2) is 4.39 Å². The molecular weight excluding hydrogens is 334 g/mol. The Morgan fingerprint density at radius 1 is 1.24 bits per heavy atom. The van der Waals surface area contributed by atoms with Gasteiger partial charge in [0.25, 0.3) is 0 Å². The molecule has 1 amide bonds. The second-order valence-corrected chi connectivity index (χ2v) is 5.92. The van der Waals surface area contributed by atoms with Crippen LogP contribution in [0, 0.1) is 5.82 Å². The summed E-state index contributed by atoms with van der Waals surface area (Å²) in [4.78, 5) is 12.5. The summed E-state index contributed by atoms with van der Waals surface area (Å²) in [6, 6.07) is 8.92. The number of thioether (sulfide) groups is 1. The Hall–Kier alpha value is -1.43. The van der Waals surface area contributed by atoms with E-state index >= 15 is 0 Å². The van der Waals surface area contributed by atoms with Crippen LogP contribution in [0.1, 0.15) is 0 Å². The van der Waals surface area contributed by atoms with Crippen molar-refractivity contribution in [3.63, 3.8) is 0 Å². The van der Waals surface area contributed by atoms with Crippen LogP contribution in [0.4, 0.5) is 15.8 Å². The molecule has 3 nitrogen and oxygen atoms in total. The molecule has 0 bridgehead atoms. The van der Waals surface area contributed by atoms with Crippen molar-refractivity contribution in [2.75, 3.05) is 16.8 Å². The Morgan fingerprint density at radius 3 is 2.67 bits per heavy atom. The third kappa shape index (κ3) is 4.27. The SMILES string of the molecule is Nc1cccc(Cl)c1SCC(=O)Nc1ccc(F)cc1Cl. The standard InChI is InChI=1S/C14H11Cl2FN2OS/c15-9-2-1-3-11(18)14(9)21-7-13(20)19-12-5-4-8(17)6-10(12)16/h1-6H,7,18H2,(H,19,20). The Morgan fingerprint density at radius 2 is 2.00 bits per heavy atom. The zero-order valence-corrected chi connectivity index (χ0v) is 13.0. The first kappa shape index (κ1) is 15.9. The molecule has 7 heteroatoms. The second kappa shape index (κ2) is 7.02. The second-order valence-electron chi connectivity index (χ2n) is 4.12. The van der Waals surface area contributed by atoms with Crippen molar-refractivity contribution in [2.24, 2.45) is 0 Å². The van der Waals surface area contributed by atoms with Gasteiger partial charge in [-0.05, 0) is 30.3 Å². The molecule has 2 aromatic rings. The van der Waals surface area contributed by atoms with Crippen molar-refractivity contribution >= 4 is 52.2 Å². The van der Waals surface area contributed by atoms with Crippen LogP contribution in [0.2, 0.25) is 10.0 Å². The zero-order chi connectivity index (χ0) is 15.4. The highest BCUT2D eigenvalue weighted by Gasteiger charge is 2.10. The predicted molar refractivity (Wildman–Crippen MR) is 86.6 cm³/mol. The molecule has 0 unspecified atom stereocenters. The highest BCUT2D eigenvalue weighted by molar-refractivity contribution is 8.00. The first-order chi connectivity index (χ1) is 9.97. The highest BCUT2D eigenvalue weighted by Crippen LogP contribution is 2.32. The van der Waals surface area contributed by atoms with Gasteiger partial charge in [-0.2, -0.15) is 0 Å². The third-order valence-corrected chi connectivity index (χ3v) is 4.44. The molecule has 3 N–H and O–H groups in total. The predicted octanol–water partition coefficient (Wildman–Crippen LogP) is 4.45. The summed E-state index contributed by atoms with van der Waals surface area (Å²) in [6.07, 6.45) is 0. The number of halogens is 3. The molecule has 110 valence electrons. The summed E-state index contributed by atoms with van der Waals surface area (Å²) in [7, 11) is 0. The number of nitrogens with one attached hydrogen (secondary N) is 1. The first-order valence-electron chi connectivity index (χ1n) is 5.89. The van der Waals surface area contributed by atoms with E-state index in [4.69, 9.17) is 28.9 Å². The summed E-state index contributed by atoms with van der Waals surface area (Å²) in [5, 5.41) is 3.24. The van der Waals surface area contributed by atoms with Gasteiger partial charge in [0.2, 0.25) is 5.91 Å². The molecule has 0 aliphatic carbocycles. The largest absolute Gasteiger partial charge is 0.398 e. The van der Waals surface area contributed by atoms with Crippen LogP contribution in [0.15, 0.2) is 41.3 Å². The van der Waals surface area contributed by atoms with Crippen molar-refractivity contribution in [3.05, 3.63) is 52.3 Å². The number of carbonyl (C=O) groups excluding carboxylic acids is 1. The molecule has 0 aliphatic rings. The van der Waals surface area contributed by atoms with Gasteiger partial charge >= 0.3 is 0 Å². The van der Waals surface area contributed by atoms with E-state index in [1.54, 1.807) is 18.2 Å². The smallest absolute Gasteiger partial charge is 0.234 e. The monoisotopic (exact) mass is 344 g/mol. The minimum atomic E-state index is -0.462. The molecule has 0 heterocycles. The zero-order valence-electron chi connectivity index (χ0n) is 10.7. The molecule has 0 atom stereocenters. The molecule has 0 aliphatic heterocycles. The Kier molecular flexibility index (Phi) is 5.33. The van der Waals surface area contributed by atoms with Crippen molar-refractivity contribution in [1.29, 1.82) is 0 Å². The van der Waals surface area contributed by atoms with Gasteiger partial charge in [0, 0.05) is 10.6 Å². The van der Waals surface area contributed by atoms with Gasteiger partial charge in [-0.15, -0.1) is 11.8 Å². The number of carbonyl (C=O) groups is 1. The number of rotatable bonds is 4. The number of nitrogen functional groups attached to an aromatic ring is 1. The third-order valence-electron chi connectivity index (χ3n) is 2.55. The quantitative estimate of drug-likeness (QED) is 0.636. The van der Waals surface area contributed by atoms with E-state index in [1.807, 2.05) is 0 Å². The molecule has 0 saturated carbocycles. The van der Waals surface area contributed by atoms with E-state index in [0.29, 0.717) is 21.3 Å². The van der Waals surface area contributed by atoms with Gasteiger partial charge in [0.15, 0.2) is 0 Å². The molecule has 0 radical (unpaired) electrons. The van der Waals surface area contributed by atoms with Gasteiger partial charge < -0.3 is 11.1 Å². The van der Waals surface area contributed by atoms with Gasteiger partial charge in [0.1, 0.15) is 5.82 Å². The van der Waals surface area contributed by atoms with E-state index in [-0.39, 0.29) is 16.7 Å². The molecule has 0 spiro atoms. The van der Waals surface area contributed by atoms with Crippen LogP contribution in [-0.2, 0) is 4.79 Å². The number of hydrogen-bond acceptors (Lipinski definition) is 3. The summed E-state index contributed by atoms with van der Waals surface area (Å²) in [5.74, 6) is -0.634. The molecular formula is C14H11Cl2FN2OS. The fourth-order valence-corrected chi connectivity index (χ4v) is 2.94. The minimum Gasteiger partial charge on any atom is -0.398 e. The number of benzene rings is 2. The summed E-state index contributed by atoms with van der Waals surface area (Å²) in [6.45, 7) is 0. The van der Waals surface area contributed by atoms with E-state index in [0.717, 1.165) is 6.07 Å². The Labute approximate surface area is 135 Å². The lowest BCUT2D eigenvalue weighted by atomic mass is 10.3. The van der Waals surface area contributed by atoms with E-state index < -0.39 is 5.82 Å². The van der Waals surface area contributed by atoms with Crippen LogP contribution in [0.5, 0.6) is 0 Å². The average molecular weight is 345 g/mol. The topological polar surface area (TPSA) is 55.1 Å². The number of hydrogen-bond donors (Lipinski definition) is 2. The summed E-state index contributed by atoms with van der Waals surface area (Å²) < 4.78 is 12.9. The molecule has 21 heavy (non-hydrogen) atoms. The Bertz CT molecular complexity index is 662. The average Bonchev–Trinajstić information content (AvgIpc) is 2.41. The van der Waals surface area contributed by atoms with Gasteiger partial charge in [-0.3, -0.25) is 4.79 Å². The molecule has 2 rings (SSSR count). The van der Waals surface area contributed by atoms with Gasteiger partial charge in [-0.1, -0.05) is 29.3 Å². The summed E-state index contributed by atoms with van der Waals surface area (Å²) >= 11 is 13.1. The van der Waals surface area contributed by atoms with Crippen LogP contribution < -0.4 is 11.1 Å². The maximum atomic E-state index is 12.9. The Balaban J connectivity index is 1.99. The van der Waals surface area contributed by atoms with Crippen LogP contribution in [0.3, 0.4) is 0 Å². The van der Waals surface area contributed by atoms with E-state index in [1.165, 1.54) is 23.9 Å². The summed E-state index contributed by atoms with van der Waals surface area (Å²) in [5.41, 5.74) is 6.67. The fraction of sp³-hybridized carbons (Fsp3) is 0.0714. The normalized spacial score (nSPS) is 10.4. The van der Waals surface area contributed by atoms with Crippen molar-refractivity contribution in [1.82, 2.24) is 0 Å². The molecule has 0 aromatic heterocycles. The molecule has 0 fully saturated rings. The number of anilines is 2. The van der Waals surface area contributed by atoms with Crippen LogP contribution in [-0.4, -0.2) is 11.7 Å². The van der Waals surface area contributed by atoms with Crippen molar-refractivity contribution < 1.29 is 9.18 Å². The molecule has 2 aromatic carbocycles. The minimum absolute atomic E-state index is 0.113. The van der Waals surface area contributed by atoms with Crippen LogP contribution in [0.25, 0.3) is 0 Å². The molecule has 0 saturated heterocycles. The van der Waals surface area contributed by atoms with Crippen LogP contribution >= 0.6 is 35.0 Å². The number of nitrogens with two attached hydrogens (primary N) is 1. The number of amides is 1. The van der Waals surface area contributed by atoms with E-state index in [9.17, 15) is 9.18 Å². The maximum Gasteiger partial charge on any atom is 0.234 e. The fourth-order valence-electron chi connectivity index (χ4n) is 1.59. The first-order valence-corrected chi connectivity index (χ1v) is 7.63. The lowest BCUT2D eigenvalue weighted by Gasteiger charge is -2.09. The lowest BCUT2D eigenvalue weighted by Crippen LogP contribution is -2.14.